The molecule has 1 aliphatic rings. The molecule has 112 valence electrons. The number of aromatic nitrogens is 1. The van der Waals surface area contributed by atoms with E-state index in [2.05, 4.69) is 55.0 Å². The van der Waals surface area contributed by atoms with Crippen LogP contribution in [-0.2, 0) is 6.54 Å². The fraction of sp³-hybridized carbons (Fsp3) is 0.706. The van der Waals surface area contributed by atoms with E-state index in [1.54, 1.807) is 0 Å². The van der Waals surface area contributed by atoms with E-state index in [1.807, 2.05) is 12.3 Å². The molecule has 1 aromatic rings. The van der Waals surface area contributed by atoms with Gasteiger partial charge in [0.1, 0.15) is 0 Å². The van der Waals surface area contributed by atoms with Crippen LogP contribution in [0.4, 0.5) is 0 Å². The summed E-state index contributed by atoms with van der Waals surface area (Å²) < 4.78 is 0. The normalized spacial score (nSPS) is 27.9. The van der Waals surface area contributed by atoms with Gasteiger partial charge in [-0.3, -0.25) is 9.88 Å². The van der Waals surface area contributed by atoms with Crippen molar-refractivity contribution >= 4 is 0 Å². The van der Waals surface area contributed by atoms with E-state index < -0.39 is 0 Å². The Labute approximate surface area is 123 Å². The summed E-state index contributed by atoms with van der Waals surface area (Å²) in [7, 11) is 0. The lowest BCUT2D eigenvalue weighted by Crippen LogP contribution is -2.62. The molecule has 2 unspecified atom stereocenters. The number of pyridine rings is 1. The van der Waals surface area contributed by atoms with E-state index >= 15 is 0 Å². The van der Waals surface area contributed by atoms with Crippen molar-refractivity contribution in [3.63, 3.8) is 0 Å². The SMILES string of the molecule is CCC1(C)CN(Cc2ccccn2)C(CC(C)C)CN1. The molecule has 2 rings (SSSR count). The lowest BCUT2D eigenvalue weighted by Gasteiger charge is -2.46. The quantitative estimate of drug-likeness (QED) is 0.895. The summed E-state index contributed by atoms with van der Waals surface area (Å²) >= 11 is 0. The Bertz CT molecular complexity index is 404. The van der Waals surface area contributed by atoms with E-state index in [0.717, 1.165) is 25.6 Å². The molecule has 0 aliphatic carbocycles. The topological polar surface area (TPSA) is 28.2 Å². The standard InChI is InChI=1S/C17H29N3/c1-5-17(4)13-20(12-15-8-6-7-9-18-15)16(11-19-17)10-14(2)3/h6-9,14,16,19H,5,10-13H2,1-4H3. The fourth-order valence-corrected chi connectivity index (χ4v) is 3.02. The van der Waals surface area contributed by atoms with Gasteiger partial charge in [0, 0.05) is 37.4 Å². The molecule has 1 saturated heterocycles. The van der Waals surface area contributed by atoms with E-state index in [0.29, 0.717) is 6.04 Å². The maximum absolute atomic E-state index is 4.50. The summed E-state index contributed by atoms with van der Waals surface area (Å²) in [6.45, 7) is 12.4. The minimum Gasteiger partial charge on any atom is -0.309 e. The second-order valence-corrected chi connectivity index (χ2v) is 6.80. The van der Waals surface area contributed by atoms with Gasteiger partial charge in [-0.25, -0.2) is 0 Å². The monoisotopic (exact) mass is 275 g/mol. The maximum Gasteiger partial charge on any atom is 0.0544 e. The predicted octanol–water partition coefficient (Wildman–Crippen LogP) is 3.07. The van der Waals surface area contributed by atoms with Crippen molar-refractivity contribution in [3.8, 4) is 0 Å². The zero-order valence-electron chi connectivity index (χ0n) is 13.4. The minimum atomic E-state index is 0.238. The first-order valence-corrected chi connectivity index (χ1v) is 7.91. The van der Waals surface area contributed by atoms with E-state index in [1.165, 1.54) is 18.5 Å². The predicted molar refractivity (Wildman–Crippen MR) is 84.6 cm³/mol. The van der Waals surface area contributed by atoms with Crippen LogP contribution in [0.1, 0.15) is 46.2 Å². The van der Waals surface area contributed by atoms with Gasteiger partial charge in [0.25, 0.3) is 0 Å². The summed E-state index contributed by atoms with van der Waals surface area (Å²) in [6.07, 6.45) is 4.31. The molecule has 0 amide bonds. The van der Waals surface area contributed by atoms with Crippen molar-refractivity contribution in [2.24, 2.45) is 5.92 Å². The van der Waals surface area contributed by atoms with Gasteiger partial charge in [-0.1, -0.05) is 26.8 Å². The average molecular weight is 275 g/mol. The molecule has 1 N–H and O–H groups in total. The van der Waals surface area contributed by atoms with E-state index in [-0.39, 0.29) is 5.54 Å². The van der Waals surface area contributed by atoms with Crippen LogP contribution in [-0.4, -0.2) is 34.6 Å². The van der Waals surface area contributed by atoms with Crippen LogP contribution in [0, 0.1) is 5.92 Å². The highest BCUT2D eigenvalue weighted by molar-refractivity contribution is 5.05. The van der Waals surface area contributed by atoms with E-state index in [4.69, 9.17) is 0 Å². The molecule has 2 heterocycles. The second-order valence-electron chi connectivity index (χ2n) is 6.80. The summed E-state index contributed by atoms with van der Waals surface area (Å²) in [5, 5.41) is 3.75. The highest BCUT2D eigenvalue weighted by atomic mass is 15.3. The van der Waals surface area contributed by atoms with Crippen molar-refractivity contribution in [1.82, 2.24) is 15.2 Å². The van der Waals surface area contributed by atoms with Gasteiger partial charge in [0.2, 0.25) is 0 Å². The Kier molecular flexibility index (Phi) is 5.17. The summed E-state index contributed by atoms with van der Waals surface area (Å²) in [4.78, 5) is 7.13. The van der Waals surface area contributed by atoms with Gasteiger partial charge in [0.05, 0.1) is 5.69 Å². The summed E-state index contributed by atoms with van der Waals surface area (Å²) in [5.41, 5.74) is 1.42. The molecule has 2 atom stereocenters. The number of hydrogen-bond acceptors (Lipinski definition) is 3. The highest BCUT2D eigenvalue weighted by Crippen LogP contribution is 2.23. The zero-order valence-corrected chi connectivity index (χ0v) is 13.4. The van der Waals surface area contributed by atoms with Gasteiger partial charge < -0.3 is 5.32 Å². The second kappa shape index (κ2) is 6.68. The molecule has 0 radical (unpaired) electrons. The summed E-state index contributed by atoms with van der Waals surface area (Å²) in [5.74, 6) is 0.735. The third kappa shape index (κ3) is 4.03. The number of piperazine rings is 1. The molecule has 1 fully saturated rings. The van der Waals surface area contributed by atoms with Gasteiger partial charge in [-0.15, -0.1) is 0 Å². The van der Waals surface area contributed by atoms with Crippen molar-refractivity contribution in [2.75, 3.05) is 13.1 Å². The lowest BCUT2D eigenvalue weighted by molar-refractivity contribution is 0.0654. The molecule has 0 aromatic carbocycles. The molecule has 0 bridgehead atoms. The Hall–Kier alpha value is -0.930. The Balaban J connectivity index is 2.09. The Morgan fingerprint density at radius 2 is 2.25 bits per heavy atom. The summed E-state index contributed by atoms with van der Waals surface area (Å²) in [6, 6.07) is 6.83. The minimum absolute atomic E-state index is 0.238. The van der Waals surface area contributed by atoms with Gasteiger partial charge in [-0.05, 0) is 37.8 Å². The van der Waals surface area contributed by atoms with Crippen LogP contribution in [0.2, 0.25) is 0 Å². The number of rotatable bonds is 5. The number of nitrogens with one attached hydrogen (secondary N) is 1. The molecule has 0 spiro atoms. The molecule has 3 heteroatoms. The molecule has 1 aliphatic heterocycles. The fourth-order valence-electron chi connectivity index (χ4n) is 3.02. The third-order valence-electron chi connectivity index (χ3n) is 4.45. The molecule has 1 aromatic heterocycles. The molecule has 20 heavy (non-hydrogen) atoms. The largest absolute Gasteiger partial charge is 0.309 e. The first kappa shape index (κ1) is 15.5. The maximum atomic E-state index is 4.50. The highest BCUT2D eigenvalue weighted by Gasteiger charge is 2.34. The van der Waals surface area contributed by atoms with Gasteiger partial charge in [0.15, 0.2) is 0 Å². The van der Waals surface area contributed by atoms with Crippen molar-refractivity contribution < 1.29 is 0 Å². The van der Waals surface area contributed by atoms with Crippen LogP contribution in [0.25, 0.3) is 0 Å². The smallest absolute Gasteiger partial charge is 0.0544 e. The van der Waals surface area contributed by atoms with E-state index in [9.17, 15) is 0 Å². The van der Waals surface area contributed by atoms with Gasteiger partial charge >= 0.3 is 0 Å². The average Bonchev–Trinajstić information content (AvgIpc) is 2.43. The first-order chi connectivity index (χ1) is 9.52. The number of nitrogens with zero attached hydrogens (tertiary/aromatic N) is 2. The number of hydrogen-bond donors (Lipinski definition) is 1. The first-order valence-electron chi connectivity index (χ1n) is 7.91. The van der Waals surface area contributed by atoms with Gasteiger partial charge in [-0.2, -0.15) is 0 Å². The Morgan fingerprint density at radius 1 is 1.45 bits per heavy atom. The lowest BCUT2D eigenvalue weighted by atomic mass is 9.90. The third-order valence-corrected chi connectivity index (χ3v) is 4.45. The molecule has 0 saturated carbocycles. The Morgan fingerprint density at radius 3 is 2.85 bits per heavy atom. The van der Waals surface area contributed by atoms with Crippen molar-refractivity contribution in [3.05, 3.63) is 30.1 Å². The van der Waals surface area contributed by atoms with Crippen LogP contribution in [0.3, 0.4) is 0 Å². The van der Waals surface area contributed by atoms with Crippen LogP contribution < -0.4 is 5.32 Å². The molecule has 3 nitrogen and oxygen atoms in total. The van der Waals surface area contributed by atoms with Crippen LogP contribution >= 0.6 is 0 Å². The van der Waals surface area contributed by atoms with Crippen LogP contribution in [0.15, 0.2) is 24.4 Å². The molecular weight excluding hydrogens is 246 g/mol. The van der Waals surface area contributed by atoms with Crippen molar-refractivity contribution in [1.29, 1.82) is 0 Å². The molecular formula is C17H29N3. The zero-order chi connectivity index (χ0) is 14.6. The van der Waals surface area contributed by atoms with Crippen LogP contribution in [0.5, 0.6) is 0 Å². The van der Waals surface area contributed by atoms with Crippen molar-refractivity contribution in [2.45, 2.75) is 58.7 Å².